The van der Waals surface area contributed by atoms with Gasteiger partial charge in [0.15, 0.2) is 0 Å². The van der Waals surface area contributed by atoms with Crippen molar-refractivity contribution in [2.45, 2.75) is 57.7 Å². The predicted molar refractivity (Wildman–Crippen MR) is 73.7 cm³/mol. The zero-order valence-corrected chi connectivity index (χ0v) is 11.7. The van der Waals surface area contributed by atoms with Crippen LogP contribution in [0.5, 0.6) is 0 Å². The van der Waals surface area contributed by atoms with Crippen LogP contribution in [-0.4, -0.2) is 17.8 Å². The van der Waals surface area contributed by atoms with Gasteiger partial charge in [-0.15, -0.1) is 0 Å². The molecule has 2 rings (SSSR count). The number of aliphatic hydroxyl groups is 1. The highest BCUT2D eigenvalue weighted by atomic mass is 16.5. The molecule has 1 aliphatic rings. The van der Waals surface area contributed by atoms with E-state index in [1.807, 2.05) is 12.1 Å². The minimum atomic E-state index is -0.511. The maximum absolute atomic E-state index is 10.8. The fourth-order valence-corrected chi connectivity index (χ4v) is 3.09. The molecule has 0 spiro atoms. The van der Waals surface area contributed by atoms with Gasteiger partial charge in [0.1, 0.15) is 6.10 Å². The van der Waals surface area contributed by atoms with E-state index in [2.05, 4.69) is 19.9 Å². The number of hydrogen-bond donors (Lipinski definition) is 1. The van der Waals surface area contributed by atoms with Gasteiger partial charge in [0.2, 0.25) is 0 Å². The summed E-state index contributed by atoms with van der Waals surface area (Å²) in [5.41, 5.74) is 3.07. The van der Waals surface area contributed by atoms with Crippen LogP contribution >= 0.6 is 0 Å². The second-order valence-electron chi connectivity index (χ2n) is 5.52. The summed E-state index contributed by atoms with van der Waals surface area (Å²) in [6.45, 7) is 4.17. The smallest absolute Gasteiger partial charge is 0.108 e. The van der Waals surface area contributed by atoms with Crippen LogP contribution in [-0.2, 0) is 4.74 Å². The minimum Gasteiger partial charge on any atom is -0.385 e. The molecule has 1 N–H and O–H groups in total. The minimum absolute atomic E-state index is 0.378. The molecule has 2 nitrogen and oxygen atoms in total. The SMILES string of the molecule is COC1(C(O)c2cccc(C)c2C)CCCCC1. The molecule has 100 valence electrons. The molecule has 1 aliphatic carbocycles. The van der Waals surface area contributed by atoms with E-state index in [-0.39, 0.29) is 5.60 Å². The summed E-state index contributed by atoms with van der Waals surface area (Å²) < 4.78 is 5.74. The van der Waals surface area contributed by atoms with Crippen molar-refractivity contribution in [3.63, 3.8) is 0 Å². The third kappa shape index (κ3) is 2.32. The first-order valence-electron chi connectivity index (χ1n) is 6.90. The fourth-order valence-electron chi connectivity index (χ4n) is 3.09. The zero-order valence-electron chi connectivity index (χ0n) is 11.7. The van der Waals surface area contributed by atoms with E-state index >= 15 is 0 Å². The Hall–Kier alpha value is -0.860. The number of aliphatic hydroxyl groups excluding tert-OH is 1. The highest BCUT2D eigenvalue weighted by molar-refractivity contribution is 5.36. The van der Waals surface area contributed by atoms with Crippen LogP contribution in [0.15, 0.2) is 18.2 Å². The van der Waals surface area contributed by atoms with Crippen molar-refractivity contribution in [1.82, 2.24) is 0 Å². The lowest BCUT2D eigenvalue weighted by Crippen LogP contribution is -2.40. The van der Waals surface area contributed by atoms with Gasteiger partial charge in [0.25, 0.3) is 0 Å². The van der Waals surface area contributed by atoms with Crippen molar-refractivity contribution < 1.29 is 9.84 Å². The first-order valence-corrected chi connectivity index (χ1v) is 6.90. The normalized spacial score (nSPS) is 20.7. The Morgan fingerprint density at radius 3 is 2.44 bits per heavy atom. The maximum atomic E-state index is 10.8. The average molecular weight is 248 g/mol. The number of benzene rings is 1. The van der Waals surface area contributed by atoms with Crippen molar-refractivity contribution in [2.75, 3.05) is 7.11 Å². The van der Waals surface area contributed by atoms with Gasteiger partial charge in [-0.25, -0.2) is 0 Å². The summed E-state index contributed by atoms with van der Waals surface area (Å²) in [4.78, 5) is 0. The monoisotopic (exact) mass is 248 g/mol. The lowest BCUT2D eigenvalue weighted by atomic mass is 9.77. The van der Waals surface area contributed by atoms with Crippen molar-refractivity contribution >= 4 is 0 Å². The molecule has 0 heterocycles. The summed E-state index contributed by atoms with van der Waals surface area (Å²) in [6.07, 6.45) is 4.95. The summed E-state index contributed by atoms with van der Waals surface area (Å²) in [5.74, 6) is 0. The molecule has 0 bridgehead atoms. The van der Waals surface area contributed by atoms with E-state index < -0.39 is 6.10 Å². The van der Waals surface area contributed by atoms with Crippen LogP contribution in [0.1, 0.15) is 54.9 Å². The Bertz CT molecular complexity index is 406. The molecule has 1 aromatic carbocycles. The van der Waals surface area contributed by atoms with Crippen molar-refractivity contribution in [2.24, 2.45) is 0 Å². The number of aryl methyl sites for hydroxylation is 1. The molecule has 0 aromatic heterocycles. The predicted octanol–water partition coefficient (Wildman–Crippen LogP) is 3.69. The summed E-state index contributed by atoms with van der Waals surface area (Å²) in [6, 6.07) is 6.14. The molecule has 1 unspecified atom stereocenters. The third-order valence-electron chi connectivity index (χ3n) is 4.55. The second-order valence-corrected chi connectivity index (χ2v) is 5.52. The molecule has 18 heavy (non-hydrogen) atoms. The van der Waals surface area contributed by atoms with Gasteiger partial charge in [-0.1, -0.05) is 37.5 Å². The van der Waals surface area contributed by atoms with Crippen LogP contribution in [0.2, 0.25) is 0 Å². The molecular weight excluding hydrogens is 224 g/mol. The largest absolute Gasteiger partial charge is 0.385 e. The highest BCUT2D eigenvalue weighted by Gasteiger charge is 2.40. The van der Waals surface area contributed by atoms with E-state index in [4.69, 9.17) is 4.74 Å². The topological polar surface area (TPSA) is 29.5 Å². The molecule has 2 heteroatoms. The van der Waals surface area contributed by atoms with Gasteiger partial charge in [-0.05, 0) is 43.4 Å². The maximum Gasteiger partial charge on any atom is 0.108 e. The van der Waals surface area contributed by atoms with E-state index in [0.717, 1.165) is 31.2 Å². The van der Waals surface area contributed by atoms with Gasteiger partial charge in [0.05, 0.1) is 5.60 Å². The molecule has 1 saturated carbocycles. The zero-order chi connectivity index (χ0) is 13.2. The Balaban J connectivity index is 2.33. The Morgan fingerprint density at radius 1 is 1.17 bits per heavy atom. The lowest BCUT2D eigenvalue weighted by molar-refractivity contribution is -0.125. The molecule has 0 saturated heterocycles. The molecule has 1 aromatic rings. The first kappa shape index (κ1) is 13.6. The van der Waals surface area contributed by atoms with Gasteiger partial charge >= 0.3 is 0 Å². The van der Waals surface area contributed by atoms with E-state index in [9.17, 15) is 5.11 Å². The molecule has 0 radical (unpaired) electrons. The van der Waals surface area contributed by atoms with Crippen LogP contribution < -0.4 is 0 Å². The second kappa shape index (κ2) is 5.41. The first-order chi connectivity index (χ1) is 8.60. The van der Waals surface area contributed by atoms with Gasteiger partial charge < -0.3 is 9.84 Å². The highest BCUT2D eigenvalue weighted by Crippen LogP contribution is 2.42. The molecular formula is C16H24O2. The number of rotatable bonds is 3. The van der Waals surface area contributed by atoms with Crippen LogP contribution in [0.25, 0.3) is 0 Å². The Kier molecular flexibility index (Phi) is 4.08. The molecule has 1 atom stereocenters. The third-order valence-corrected chi connectivity index (χ3v) is 4.55. The number of ether oxygens (including phenoxy) is 1. The van der Waals surface area contributed by atoms with Gasteiger partial charge in [-0.2, -0.15) is 0 Å². The summed E-state index contributed by atoms with van der Waals surface area (Å²) in [5, 5.41) is 10.8. The van der Waals surface area contributed by atoms with E-state index in [1.54, 1.807) is 7.11 Å². The molecule has 0 amide bonds. The number of methoxy groups -OCH3 is 1. The van der Waals surface area contributed by atoms with Gasteiger partial charge in [-0.3, -0.25) is 0 Å². The van der Waals surface area contributed by atoms with Crippen molar-refractivity contribution in [3.05, 3.63) is 34.9 Å². The summed E-state index contributed by atoms with van der Waals surface area (Å²) in [7, 11) is 1.74. The molecule has 1 fully saturated rings. The van der Waals surface area contributed by atoms with Crippen LogP contribution in [0, 0.1) is 13.8 Å². The lowest BCUT2D eigenvalue weighted by Gasteiger charge is -2.40. The number of hydrogen-bond acceptors (Lipinski definition) is 2. The molecule has 0 aliphatic heterocycles. The van der Waals surface area contributed by atoms with Crippen molar-refractivity contribution in [3.8, 4) is 0 Å². The standard InChI is InChI=1S/C16H24O2/c1-12-8-7-9-14(13(12)2)15(17)16(18-3)10-5-4-6-11-16/h7-9,15,17H,4-6,10-11H2,1-3H3. The van der Waals surface area contributed by atoms with Crippen LogP contribution in [0.3, 0.4) is 0 Å². The summed E-state index contributed by atoms with van der Waals surface area (Å²) >= 11 is 0. The fraction of sp³-hybridized carbons (Fsp3) is 0.625. The van der Waals surface area contributed by atoms with Gasteiger partial charge in [0, 0.05) is 7.11 Å². The Morgan fingerprint density at radius 2 is 1.83 bits per heavy atom. The van der Waals surface area contributed by atoms with E-state index in [1.165, 1.54) is 17.5 Å². The average Bonchev–Trinajstić information content (AvgIpc) is 2.42. The Labute approximate surface area is 110 Å². The van der Waals surface area contributed by atoms with Crippen LogP contribution in [0.4, 0.5) is 0 Å². The van der Waals surface area contributed by atoms with Crippen molar-refractivity contribution in [1.29, 1.82) is 0 Å². The van der Waals surface area contributed by atoms with E-state index in [0.29, 0.717) is 0 Å². The quantitative estimate of drug-likeness (QED) is 0.884.